The third kappa shape index (κ3) is 11.2. The summed E-state index contributed by atoms with van der Waals surface area (Å²) in [7, 11) is 1.65. The molecule has 0 rings (SSSR count). The second-order valence-electron chi connectivity index (χ2n) is 5.66. The maximum absolute atomic E-state index is 6.10. The van der Waals surface area contributed by atoms with Gasteiger partial charge in [0.25, 0.3) is 0 Å². The van der Waals surface area contributed by atoms with E-state index in [1.165, 1.54) is 32.1 Å². The molecule has 1 nitrogen and oxygen atoms in total. The van der Waals surface area contributed by atoms with Gasteiger partial charge in [0.1, 0.15) is 5.60 Å². The van der Waals surface area contributed by atoms with Crippen molar-refractivity contribution in [2.24, 2.45) is 0 Å². The summed E-state index contributed by atoms with van der Waals surface area (Å²) in [6, 6.07) is 0. The fourth-order valence-corrected chi connectivity index (χ4v) is 3.12. The first-order chi connectivity index (χ1) is 10.3. The minimum Gasteiger partial charge on any atom is -0.374 e. The highest BCUT2D eigenvalue weighted by molar-refractivity contribution is 6.68. The maximum atomic E-state index is 6.10. The van der Waals surface area contributed by atoms with Crippen LogP contribution < -0.4 is 0 Å². The Labute approximate surface area is 153 Å². The summed E-state index contributed by atoms with van der Waals surface area (Å²) in [5.41, 5.74) is -0.628. The molecule has 0 heterocycles. The molecule has 0 bridgehead atoms. The Bertz CT molecular complexity index is 251. The third-order valence-corrected chi connectivity index (χ3v) is 4.82. The molecule has 0 aliphatic carbocycles. The van der Waals surface area contributed by atoms with Gasteiger partial charge in [-0.25, -0.2) is 0 Å². The fraction of sp³-hybridized carbons (Fsp3) is 0.889. The summed E-state index contributed by atoms with van der Waals surface area (Å²) >= 11 is 18.3. The van der Waals surface area contributed by atoms with Crippen LogP contribution in [0.5, 0.6) is 0 Å². The molecule has 1 atom stereocenters. The van der Waals surface area contributed by atoms with Crippen molar-refractivity contribution in [3.8, 4) is 0 Å². The van der Waals surface area contributed by atoms with Gasteiger partial charge in [-0.1, -0.05) is 107 Å². The molecule has 0 amide bonds. The van der Waals surface area contributed by atoms with E-state index in [9.17, 15) is 0 Å². The predicted octanol–water partition coefficient (Wildman–Crippen LogP) is 7.87. The lowest BCUT2D eigenvalue weighted by Gasteiger charge is -2.38. The van der Waals surface area contributed by atoms with Gasteiger partial charge in [0.15, 0.2) is 0 Å². The minimum absolute atomic E-state index is 0.628. The molecule has 0 aromatic rings. The molecule has 0 aromatic heterocycles. The highest BCUT2D eigenvalue weighted by Crippen LogP contribution is 2.46. The van der Waals surface area contributed by atoms with Crippen LogP contribution in [0.25, 0.3) is 0 Å². The van der Waals surface area contributed by atoms with Gasteiger partial charge in [-0.3, -0.25) is 0 Å². The lowest BCUT2D eigenvalue weighted by molar-refractivity contribution is -0.0237. The van der Waals surface area contributed by atoms with Gasteiger partial charge < -0.3 is 4.74 Å². The maximum Gasteiger partial charge on any atom is 0.219 e. The molecule has 22 heavy (non-hydrogen) atoms. The Hall–Kier alpha value is 0.570. The van der Waals surface area contributed by atoms with Crippen LogP contribution in [0.2, 0.25) is 0 Å². The second kappa shape index (κ2) is 15.1. The molecule has 0 N–H and O–H groups in total. The smallest absolute Gasteiger partial charge is 0.219 e. The molecular weight excluding hydrogens is 339 g/mol. The summed E-state index contributed by atoms with van der Waals surface area (Å²) in [5.74, 6) is 0. The Balaban J connectivity index is 0. The number of hydrogen-bond acceptors (Lipinski definition) is 1. The molecule has 0 fully saturated rings. The van der Waals surface area contributed by atoms with Crippen molar-refractivity contribution in [1.29, 1.82) is 0 Å². The van der Waals surface area contributed by atoms with Gasteiger partial charge >= 0.3 is 0 Å². The molecular formula is C18H35Cl3O. The van der Waals surface area contributed by atoms with Crippen molar-refractivity contribution in [1.82, 2.24) is 0 Å². The normalized spacial score (nSPS) is 14.0. The van der Waals surface area contributed by atoms with Crippen molar-refractivity contribution in [2.45, 2.75) is 94.4 Å². The van der Waals surface area contributed by atoms with Gasteiger partial charge in [-0.2, -0.15) is 0 Å². The number of rotatable bonds is 11. The molecule has 0 spiro atoms. The van der Waals surface area contributed by atoms with E-state index in [4.69, 9.17) is 39.5 Å². The Morgan fingerprint density at radius 3 is 1.73 bits per heavy atom. The molecule has 1 unspecified atom stereocenters. The monoisotopic (exact) mass is 372 g/mol. The van der Waals surface area contributed by atoms with Crippen LogP contribution in [0.1, 0.15) is 85.0 Å². The number of ether oxygens (including phenoxy) is 1. The zero-order chi connectivity index (χ0) is 17.5. The third-order valence-electron chi connectivity index (χ3n) is 3.78. The zero-order valence-electron chi connectivity index (χ0n) is 14.9. The van der Waals surface area contributed by atoms with Gasteiger partial charge in [0.05, 0.1) is 0 Å². The van der Waals surface area contributed by atoms with Crippen LogP contribution in [0.15, 0.2) is 12.7 Å². The van der Waals surface area contributed by atoms with Crippen LogP contribution in [0.3, 0.4) is 0 Å². The van der Waals surface area contributed by atoms with Crippen molar-refractivity contribution in [2.75, 3.05) is 7.11 Å². The number of hydrogen-bond donors (Lipinski definition) is 0. The van der Waals surface area contributed by atoms with E-state index >= 15 is 0 Å². The molecule has 134 valence electrons. The largest absolute Gasteiger partial charge is 0.374 e. The molecule has 0 aliphatic heterocycles. The van der Waals surface area contributed by atoms with Crippen molar-refractivity contribution in [3.63, 3.8) is 0 Å². The Morgan fingerprint density at radius 2 is 1.36 bits per heavy atom. The van der Waals surface area contributed by atoms with Crippen LogP contribution in [-0.2, 0) is 4.74 Å². The SMILES string of the molecule is C=CCC.CCCCCCCCC(CCC)(OC)C(Cl)(Cl)Cl. The molecule has 4 heteroatoms. The van der Waals surface area contributed by atoms with E-state index < -0.39 is 9.39 Å². The molecule has 0 radical (unpaired) electrons. The topological polar surface area (TPSA) is 9.23 Å². The first kappa shape index (κ1) is 24.8. The molecule has 0 aliphatic rings. The summed E-state index contributed by atoms with van der Waals surface area (Å²) in [5, 5.41) is 0. The van der Waals surface area contributed by atoms with E-state index in [-0.39, 0.29) is 0 Å². The van der Waals surface area contributed by atoms with Crippen molar-refractivity contribution >= 4 is 34.8 Å². The number of alkyl halides is 3. The standard InChI is InChI=1S/C14H27Cl3O.C4H8/c1-4-6-7-8-9-10-12-13(18-3,11-5-2)14(15,16)17;1-3-4-2/h4-12H2,1-3H3;3H,1,4H2,2H3. The van der Waals surface area contributed by atoms with E-state index in [1.54, 1.807) is 7.11 Å². The first-order valence-electron chi connectivity index (χ1n) is 8.57. The van der Waals surface area contributed by atoms with Crippen LogP contribution in [0, 0.1) is 0 Å². The first-order valence-corrected chi connectivity index (χ1v) is 9.71. The van der Waals surface area contributed by atoms with Crippen LogP contribution >= 0.6 is 34.8 Å². The number of methoxy groups -OCH3 is 1. The highest BCUT2D eigenvalue weighted by Gasteiger charge is 2.47. The minimum atomic E-state index is -1.35. The summed E-state index contributed by atoms with van der Waals surface area (Å²) in [6.45, 7) is 9.85. The van der Waals surface area contributed by atoms with Gasteiger partial charge in [0.2, 0.25) is 3.79 Å². The van der Waals surface area contributed by atoms with E-state index in [0.29, 0.717) is 0 Å². The predicted molar refractivity (Wildman–Crippen MR) is 103 cm³/mol. The lowest BCUT2D eigenvalue weighted by atomic mass is 9.92. The molecule has 0 aromatic carbocycles. The summed E-state index contributed by atoms with van der Waals surface area (Å²) in [4.78, 5) is 0. The highest BCUT2D eigenvalue weighted by atomic mass is 35.6. The summed E-state index contributed by atoms with van der Waals surface area (Å²) in [6.07, 6.45) is 12.9. The Kier molecular flexibility index (Phi) is 17.1. The fourth-order valence-electron chi connectivity index (χ4n) is 2.32. The summed E-state index contributed by atoms with van der Waals surface area (Å²) < 4.78 is 4.23. The zero-order valence-corrected chi connectivity index (χ0v) is 17.2. The Morgan fingerprint density at radius 1 is 0.864 bits per heavy atom. The molecule has 0 saturated carbocycles. The van der Waals surface area contributed by atoms with E-state index in [0.717, 1.165) is 32.1 Å². The molecule has 0 saturated heterocycles. The van der Waals surface area contributed by atoms with Gasteiger partial charge in [-0.05, 0) is 19.3 Å². The van der Waals surface area contributed by atoms with Gasteiger partial charge in [0, 0.05) is 7.11 Å². The lowest BCUT2D eigenvalue weighted by Crippen LogP contribution is -2.44. The number of allylic oxidation sites excluding steroid dienone is 1. The second-order valence-corrected chi connectivity index (χ2v) is 7.94. The van der Waals surface area contributed by atoms with Crippen LogP contribution in [0.4, 0.5) is 0 Å². The van der Waals surface area contributed by atoms with E-state index in [2.05, 4.69) is 27.4 Å². The average molecular weight is 374 g/mol. The number of halogens is 3. The average Bonchev–Trinajstić information content (AvgIpc) is 2.48. The van der Waals surface area contributed by atoms with Crippen molar-refractivity contribution < 1.29 is 4.74 Å². The quantitative estimate of drug-likeness (QED) is 0.203. The number of unbranched alkanes of at least 4 members (excludes halogenated alkanes) is 5. The van der Waals surface area contributed by atoms with Gasteiger partial charge in [-0.15, -0.1) is 6.58 Å². The van der Waals surface area contributed by atoms with Crippen LogP contribution in [-0.4, -0.2) is 16.5 Å². The van der Waals surface area contributed by atoms with Crippen molar-refractivity contribution in [3.05, 3.63) is 12.7 Å². The van der Waals surface area contributed by atoms with E-state index in [1.807, 2.05) is 6.08 Å².